The molecule has 2 heterocycles. The zero-order chi connectivity index (χ0) is 20.2. The molecule has 0 aromatic heterocycles. The van der Waals surface area contributed by atoms with Gasteiger partial charge in [0.25, 0.3) is 5.91 Å². The van der Waals surface area contributed by atoms with Crippen LogP contribution in [-0.2, 0) is 0 Å². The standard InChI is InChI=1S/C24H30ClN3O/c1-18-5-8-20(9-6-18)26-23-10-7-19(17-22(23)25)24(29)28-15-11-21(12-16-28)27-13-3-2-4-14-27/h5-10,17,21,26H,2-4,11-16H2,1H3. The van der Waals surface area contributed by atoms with Gasteiger partial charge in [-0.25, -0.2) is 0 Å². The van der Waals surface area contributed by atoms with E-state index in [1.807, 2.05) is 29.2 Å². The van der Waals surface area contributed by atoms with Crippen molar-refractivity contribution in [1.82, 2.24) is 9.80 Å². The van der Waals surface area contributed by atoms with Crippen LogP contribution in [0.4, 0.5) is 11.4 Å². The Morgan fingerprint density at radius 3 is 2.31 bits per heavy atom. The monoisotopic (exact) mass is 411 g/mol. The molecular weight excluding hydrogens is 382 g/mol. The van der Waals surface area contributed by atoms with Crippen molar-refractivity contribution < 1.29 is 4.79 Å². The normalized spacial score (nSPS) is 18.6. The molecule has 0 spiro atoms. The van der Waals surface area contributed by atoms with Crippen LogP contribution < -0.4 is 5.32 Å². The van der Waals surface area contributed by atoms with Crippen molar-refractivity contribution in [2.45, 2.75) is 45.1 Å². The molecule has 0 bridgehead atoms. The maximum absolute atomic E-state index is 13.0. The van der Waals surface area contributed by atoms with E-state index in [1.165, 1.54) is 37.9 Å². The molecule has 2 saturated heterocycles. The molecule has 2 aromatic rings. The number of benzene rings is 2. The number of rotatable bonds is 4. The molecule has 29 heavy (non-hydrogen) atoms. The zero-order valence-electron chi connectivity index (χ0n) is 17.2. The number of anilines is 2. The van der Waals surface area contributed by atoms with Crippen molar-refractivity contribution in [2.75, 3.05) is 31.5 Å². The molecule has 0 aliphatic carbocycles. The summed E-state index contributed by atoms with van der Waals surface area (Å²) < 4.78 is 0. The molecule has 2 aromatic carbocycles. The lowest BCUT2D eigenvalue weighted by molar-refractivity contribution is 0.0590. The van der Waals surface area contributed by atoms with Gasteiger partial charge in [-0.2, -0.15) is 0 Å². The zero-order valence-corrected chi connectivity index (χ0v) is 17.9. The summed E-state index contributed by atoms with van der Waals surface area (Å²) in [5, 5.41) is 3.89. The van der Waals surface area contributed by atoms with Crippen molar-refractivity contribution in [3.63, 3.8) is 0 Å². The van der Waals surface area contributed by atoms with Gasteiger partial charge in [0, 0.05) is 30.4 Å². The molecule has 1 amide bonds. The van der Waals surface area contributed by atoms with Crippen molar-refractivity contribution in [1.29, 1.82) is 0 Å². The molecule has 2 aliphatic heterocycles. The first kappa shape index (κ1) is 20.2. The maximum atomic E-state index is 13.0. The third-order valence-corrected chi connectivity index (χ3v) is 6.52. The van der Waals surface area contributed by atoms with Gasteiger partial charge in [-0.1, -0.05) is 35.7 Å². The van der Waals surface area contributed by atoms with Crippen LogP contribution in [0.3, 0.4) is 0 Å². The molecule has 0 atom stereocenters. The van der Waals surface area contributed by atoms with Gasteiger partial charge in [-0.05, 0) is 76.0 Å². The van der Waals surface area contributed by atoms with Gasteiger partial charge in [0.15, 0.2) is 0 Å². The van der Waals surface area contributed by atoms with Gasteiger partial charge in [0.05, 0.1) is 10.7 Å². The minimum atomic E-state index is 0.0888. The summed E-state index contributed by atoms with van der Waals surface area (Å²) in [6.45, 7) is 6.18. The third-order valence-electron chi connectivity index (χ3n) is 6.21. The summed E-state index contributed by atoms with van der Waals surface area (Å²) in [4.78, 5) is 17.6. The summed E-state index contributed by atoms with van der Waals surface area (Å²) in [5.74, 6) is 0.0888. The van der Waals surface area contributed by atoms with Crippen LogP contribution in [0, 0.1) is 6.92 Å². The Labute approximate surface area is 178 Å². The molecule has 0 radical (unpaired) electrons. The Morgan fingerprint density at radius 2 is 1.66 bits per heavy atom. The largest absolute Gasteiger partial charge is 0.354 e. The third kappa shape index (κ3) is 4.93. The lowest BCUT2D eigenvalue weighted by atomic mass is 9.99. The number of aryl methyl sites for hydroxylation is 1. The summed E-state index contributed by atoms with van der Waals surface area (Å²) >= 11 is 6.48. The molecule has 0 unspecified atom stereocenters. The van der Waals surface area contributed by atoms with Crippen LogP contribution >= 0.6 is 11.6 Å². The Bertz CT molecular complexity index is 838. The first-order valence-corrected chi connectivity index (χ1v) is 11.1. The van der Waals surface area contributed by atoms with Gasteiger partial charge in [-0.3, -0.25) is 4.79 Å². The number of carbonyl (C=O) groups excluding carboxylic acids is 1. The van der Waals surface area contributed by atoms with E-state index in [9.17, 15) is 4.79 Å². The van der Waals surface area contributed by atoms with Gasteiger partial charge in [0.2, 0.25) is 0 Å². The second-order valence-corrected chi connectivity index (χ2v) is 8.71. The van der Waals surface area contributed by atoms with E-state index in [4.69, 9.17) is 11.6 Å². The van der Waals surface area contributed by atoms with E-state index in [0.717, 1.165) is 37.3 Å². The predicted octanol–water partition coefficient (Wildman–Crippen LogP) is 5.48. The van der Waals surface area contributed by atoms with Crippen LogP contribution in [-0.4, -0.2) is 47.9 Å². The highest BCUT2D eigenvalue weighted by molar-refractivity contribution is 6.33. The number of likely N-dealkylation sites (tertiary alicyclic amines) is 2. The van der Waals surface area contributed by atoms with Gasteiger partial charge in [0.1, 0.15) is 0 Å². The molecular formula is C24H30ClN3O. The fraction of sp³-hybridized carbons (Fsp3) is 0.458. The summed E-state index contributed by atoms with van der Waals surface area (Å²) in [6.07, 6.45) is 6.16. The Balaban J connectivity index is 1.36. The molecule has 2 fully saturated rings. The highest BCUT2D eigenvalue weighted by atomic mass is 35.5. The van der Waals surface area contributed by atoms with E-state index in [1.54, 1.807) is 6.07 Å². The average molecular weight is 412 g/mol. The minimum absolute atomic E-state index is 0.0888. The van der Waals surface area contributed by atoms with E-state index >= 15 is 0 Å². The summed E-state index contributed by atoms with van der Waals surface area (Å²) in [7, 11) is 0. The SMILES string of the molecule is Cc1ccc(Nc2ccc(C(=O)N3CCC(N4CCCCC4)CC3)cc2Cl)cc1. The number of hydrogen-bond acceptors (Lipinski definition) is 3. The quantitative estimate of drug-likeness (QED) is 0.723. The first-order chi connectivity index (χ1) is 14.1. The molecule has 5 heteroatoms. The van der Waals surface area contributed by atoms with Crippen LogP contribution in [0.1, 0.15) is 48.0 Å². The molecule has 2 aliphatic rings. The van der Waals surface area contributed by atoms with Gasteiger partial charge < -0.3 is 15.1 Å². The fourth-order valence-electron chi connectivity index (χ4n) is 4.44. The molecule has 154 valence electrons. The van der Waals surface area contributed by atoms with Crippen LogP contribution in [0.25, 0.3) is 0 Å². The van der Waals surface area contributed by atoms with Crippen LogP contribution in [0.5, 0.6) is 0 Å². The lowest BCUT2D eigenvalue weighted by Gasteiger charge is -2.40. The highest BCUT2D eigenvalue weighted by Gasteiger charge is 2.28. The van der Waals surface area contributed by atoms with Crippen molar-refractivity contribution in [2.24, 2.45) is 0 Å². The molecule has 4 rings (SSSR count). The van der Waals surface area contributed by atoms with Gasteiger partial charge in [-0.15, -0.1) is 0 Å². The molecule has 0 saturated carbocycles. The minimum Gasteiger partial charge on any atom is -0.354 e. The lowest BCUT2D eigenvalue weighted by Crippen LogP contribution is -2.48. The number of hydrogen-bond donors (Lipinski definition) is 1. The van der Waals surface area contributed by atoms with Gasteiger partial charge >= 0.3 is 0 Å². The first-order valence-electron chi connectivity index (χ1n) is 10.8. The molecule has 1 N–H and O–H groups in total. The Morgan fingerprint density at radius 1 is 0.966 bits per heavy atom. The Hall–Kier alpha value is -2.04. The summed E-state index contributed by atoms with van der Waals surface area (Å²) in [6, 6.07) is 14.4. The van der Waals surface area contributed by atoms with Crippen LogP contribution in [0.15, 0.2) is 42.5 Å². The van der Waals surface area contributed by atoms with E-state index in [-0.39, 0.29) is 5.91 Å². The maximum Gasteiger partial charge on any atom is 0.253 e. The second-order valence-electron chi connectivity index (χ2n) is 8.31. The van der Waals surface area contributed by atoms with Crippen molar-refractivity contribution in [3.05, 3.63) is 58.6 Å². The number of piperidine rings is 2. The van der Waals surface area contributed by atoms with E-state index < -0.39 is 0 Å². The number of nitrogens with zero attached hydrogens (tertiary/aromatic N) is 2. The van der Waals surface area contributed by atoms with E-state index in [2.05, 4.69) is 29.3 Å². The average Bonchev–Trinajstić information content (AvgIpc) is 2.77. The van der Waals surface area contributed by atoms with E-state index in [0.29, 0.717) is 16.6 Å². The van der Waals surface area contributed by atoms with Crippen molar-refractivity contribution >= 4 is 28.9 Å². The number of nitrogens with one attached hydrogen (secondary N) is 1. The van der Waals surface area contributed by atoms with Crippen molar-refractivity contribution in [3.8, 4) is 0 Å². The second kappa shape index (κ2) is 9.19. The predicted molar refractivity (Wildman–Crippen MR) is 120 cm³/mol. The molecule has 4 nitrogen and oxygen atoms in total. The number of carbonyl (C=O) groups is 1. The summed E-state index contributed by atoms with van der Waals surface area (Å²) in [5.41, 5.74) is 3.68. The highest BCUT2D eigenvalue weighted by Crippen LogP contribution is 2.28. The fourth-order valence-corrected chi connectivity index (χ4v) is 4.67. The number of amides is 1. The number of halogens is 1. The topological polar surface area (TPSA) is 35.6 Å². The van der Waals surface area contributed by atoms with Crippen LogP contribution in [0.2, 0.25) is 5.02 Å². The smallest absolute Gasteiger partial charge is 0.253 e. The Kier molecular flexibility index (Phi) is 6.41.